The molecule has 0 amide bonds. The first-order valence-electron chi connectivity index (χ1n) is 11.4. The predicted molar refractivity (Wildman–Crippen MR) is 136 cm³/mol. The van der Waals surface area contributed by atoms with Crippen LogP contribution in [0, 0.1) is 11.6 Å². The van der Waals surface area contributed by atoms with Crippen molar-refractivity contribution in [1.29, 1.82) is 0 Å². The Balaban J connectivity index is 1.56. The average molecular weight is 525 g/mol. The summed E-state index contributed by atoms with van der Waals surface area (Å²) in [4.78, 5) is 10.7. The number of benzene rings is 3. The van der Waals surface area contributed by atoms with E-state index >= 15 is 0 Å². The van der Waals surface area contributed by atoms with Crippen LogP contribution in [0.3, 0.4) is 0 Å². The van der Waals surface area contributed by atoms with Crippen LogP contribution in [0.15, 0.2) is 60.7 Å². The number of ether oxygens (including phenoxy) is 2. The van der Waals surface area contributed by atoms with Crippen LogP contribution in [0.1, 0.15) is 23.0 Å². The molecule has 1 aromatic heterocycles. The zero-order valence-electron chi connectivity index (χ0n) is 20.0. The Morgan fingerprint density at radius 1 is 1.03 bits per heavy atom. The quantitative estimate of drug-likeness (QED) is 0.314. The van der Waals surface area contributed by atoms with Gasteiger partial charge in [0.1, 0.15) is 35.2 Å². The molecule has 5 rings (SSSR count). The maximum atomic E-state index is 14.6. The molecule has 37 heavy (non-hydrogen) atoms. The molecule has 0 saturated heterocycles. The fourth-order valence-corrected chi connectivity index (χ4v) is 4.43. The van der Waals surface area contributed by atoms with Gasteiger partial charge in [0, 0.05) is 35.4 Å². The van der Waals surface area contributed by atoms with Crippen molar-refractivity contribution in [2.24, 2.45) is 0 Å². The molecule has 1 aliphatic heterocycles. The number of methoxy groups -OCH3 is 2. The number of nitrogens with one attached hydrogen (secondary N) is 1. The number of hydrogen-bond acceptors (Lipinski definition) is 7. The summed E-state index contributed by atoms with van der Waals surface area (Å²) in [5.74, 6) is -0.208. The molecule has 2 N–H and O–H groups in total. The van der Waals surface area contributed by atoms with E-state index in [4.69, 9.17) is 21.1 Å². The minimum absolute atomic E-state index is 0.123. The second kappa shape index (κ2) is 10.3. The predicted octanol–water partition coefficient (Wildman–Crippen LogP) is 5.84. The maximum Gasteiger partial charge on any atom is 0.167 e. The molecule has 10 heteroatoms. The van der Waals surface area contributed by atoms with Crippen LogP contribution in [0.4, 0.5) is 20.3 Å². The van der Waals surface area contributed by atoms with E-state index in [1.807, 2.05) is 6.07 Å². The van der Waals surface area contributed by atoms with E-state index in [9.17, 15) is 13.9 Å². The van der Waals surface area contributed by atoms with Gasteiger partial charge in [0.2, 0.25) is 0 Å². The van der Waals surface area contributed by atoms with Gasteiger partial charge in [0.25, 0.3) is 0 Å². The van der Waals surface area contributed by atoms with Crippen molar-refractivity contribution in [3.63, 3.8) is 0 Å². The van der Waals surface area contributed by atoms with Gasteiger partial charge in [-0.15, -0.1) is 0 Å². The van der Waals surface area contributed by atoms with Gasteiger partial charge in [-0.25, -0.2) is 18.7 Å². The molecule has 3 aromatic carbocycles. The Hall–Kier alpha value is -3.79. The van der Waals surface area contributed by atoms with Gasteiger partial charge < -0.3 is 19.9 Å². The highest BCUT2D eigenvalue weighted by molar-refractivity contribution is 6.30. The molecular weight excluding hydrogens is 502 g/mol. The van der Waals surface area contributed by atoms with Crippen LogP contribution < -0.4 is 14.8 Å². The Bertz CT molecular complexity index is 1430. The molecule has 0 fully saturated rings. The highest BCUT2D eigenvalue weighted by Crippen LogP contribution is 2.40. The summed E-state index contributed by atoms with van der Waals surface area (Å²) in [6.45, 7) is 0.529. The Labute approximate surface area is 217 Å². The summed E-state index contributed by atoms with van der Waals surface area (Å²) in [5, 5.41) is 15.0. The molecule has 0 spiro atoms. The van der Waals surface area contributed by atoms with Crippen molar-refractivity contribution in [3.05, 3.63) is 94.1 Å². The molecule has 190 valence electrons. The topological polar surface area (TPSA) is 79.7 Å². The maximum absolute atomic E-state index is 14.6. The van der Waals surface area contributed by atoms with E-state index in [0.717, 1.165) is 17.7 Å². The van der Waals surface area contributed by atoms with E-state index in [1.54, 1.807) is 55.5 Å². The molecule has 0 radical (unpaired) electrons. The van der Waals surface area contributed by atoms with Crippen molar-refractivity contribution in [2.75, 3.05) is 19.5 Å². The van der Waals surface area contributed by atoms with E-state index in [1.165, 1.54) is 6.07 Å². The number of rotatable bonds is 7. The largest absolute Gasteiger partial charge is 0.497 e. The number of aliphatic hydroxyl groups is 1. The Morgan fingerprint density at radius 2 is 1.76 bits per heavy atom. The zero-order valence-corrected chi connectivity index (χ0v) is 20.8. The number of aliphatic hydroxyl groups excluding tert-OH is 1. The Morgan fingerprint density at radius 3 is 2.43 bits per heavy atom. The summed E-state index contributed by atoms with van der Waals surface area (Å²) in [5.41, 5.74) is 1.98. The SMILES string of the molecule is COc1ccc(CN2Cc3nc(-c4c(F)cccc4F)nc(Nc4ccc(Cl)cc4)c3C2O)c(OC)c1. The average Bonchev–Trinajstić information content (AvgIpc) is 3.20. The van der Waals surface area contributed by atoms with Crippen LogP contribution in [-0.4, -0.2) is 34.2 Å². The standard InChI is InChI=1S/C27H23ClF2N4O3/c1-36-18-11-6-15(22(12-18)37-2)13-34-14-21-24(27(34)35)26(31-17-9-7-16(28)8-10-17)33-25(32-21)23-19(29)4-3-5-20(23)30/h3-12,27,35H,13-14H2,1-2H3,(H,31,32,33). The van der Waals surface area contributed by atoms with Crippen molar-refractivity contribution in [1.82, 2.24) is 14.9 Å². The normalized spacial score (nSPS) is 14.9. The van der Waals surface area contributed by atoms with Gasteiger partial charge in [-0.1, -0.05) is 23.7 Å². The summed E-state index contributed by atoms with van der Waals surface area (Å²) in [6, 6.07) is 15.9. The van der Waals surface area contributed by atoms with Crippen molar-refractivity contribution >= 4 is 23.1 Å². The van der Waals surface area contributed by atoms with E-state index in [0.29, 0.717) is 40.0 Å². The number of halogens is 3. The highest BCUT2D eigenvalue weighted by atomic mass is 35.5. The summed E-state index contributed by atoms with van der Waals surface area (Å²) >= 11 is 6.01. The third-order valence-corrected chi connectivity index (χ3v) is 6.39. The van der Waals surface area contributed by atoms with Gasteiger partial charge in [0.15, 0.2) is 5.82 Å². The van der Waals surface area contributed by atoms with Crippen molar-refractivity contribution < 1.29 is 23.4 Å². The molecule has 0 bridgehead atoms. The summed E-state index contributed by atoms with van der Waals surface area (Å²) < 4.78 is 40.0. The first-order valence-corrected chi connectivity index (χ1v) is 11.8. The van der Waals surface area contributed by atoms with Gasteiger partial charge >= 0.3 is 0 Å². The first kappa shape index (κ1) is 24.9. The smallest absolute Gasteiger partial charge is 0.167 e. The molecule has 0 saturated carbocycles. The van der Waals surface area contributed by atoms with Crippen molar-refractivity contribution in [3.8, 4) is 22.9 Å². The lowest BCUT2D eigenvalue weighted by Gasteiger charge is -2.22. The molecule has 4 aromatic rings. The Kier molecular flexibility index (Phi) is 6.92. The molecule has 1 aliphatic rings. The number of nitrogens with zero attached hydrogens (tertiary/aromatic N) is 3. The van der Waals surface area contributed by atoms with Crippen molar-refractivity contribution in [2.45, 2.75) is 19.3 Å². The molecule has 1 atom stereocenters. The second-order valence-corrected chi connectivity index (χ2v) is 8.88. The van der Waals surface area contributed by atoms with Gasteiger partial charge in [-0.2, -0.15) is 0 Å². The monoisotopic (exact) mass is 524 g/mol. The zero-order chi connectivity index (χ0) is 26.1. The molecular formula is C27H23ClF2N4O3. The minimum atomic E-state index is -1.09. The van der Waals surface area contributed by atoms with Gasteiger partial charge in [-0.05, 0) is 42.5 Å². The lowest BCUT2D eigenvalue weighted by molar-refractivity contribution is 0.00748. The van der Waals surface area contributed by atoms with Gasteiger partial charge in [-0.3, -0.25) is 4.90 Å². The van der Waals surface area contributed by atoms with Gasteiger partial charge in [0.05, 0.1) is 31.0 Å². The molecule has 7 nitrogen and oxygen atoms in total. The molecule has 0 aliphatic carbocycles. The van der Waals surface area contributed by atoms with Crippen LogP contribution >= 0.6 is 11.6 Å². The molecule has 2 heterocycles. The molecule has 1 unspecified atom stereocenters. The van der Waals surface area contributed by atoms with Crippen LogP contribution in [0.25, 0.3) is 11.4 Å². The fourth-order valence-electron chi connectivity index (χ4n) is 4.30. The van der Waals surface area contributed by atoms with Crippen LogP contribution in [0.2, 0.25) is 5.02 Å². The minimum Gasteiger partial charge on any atom is -0.497 e. The number of aromatic nitrogens is 2. The van der Waals surface area contributed by atoms with E-state index in [2.05, 4.69) is 15.3 Å². The summed E-state index contributed by atoms with van der Waals surface area (Å²) in [7, 11) is 3.13. The third-order valence-electron chi connectivity index (χ3n) is 6.14. The number of hydrogen-bond donors (Lipinski definition) is 2. The number of fused-ring (bicyclic) bond motifs is 1. The van der Waals surface area contributed by atoms with E-state index < -0.39 is 17.9 Å². The highest BCUT2D eigenvalue weighted by Gasteiger charge is 2.35. The lowest BCUT2D eigenvalue weighted by Crippen LogP contribution is -2.22. The number of anilines is 2. The van der Waals surface area contributed by atoms with Crippen LogP contribution in [0.5, 0.6) is 11.5 Å². The second-order valence-electron chi connectivity index (χ2n) is 8.44. The lowest BCUT2D eigenvalue weighted by atomic mass is 10.1. The first-order chi connectivity index (χ1) is 17.9. The van der Waals surface area contributed by atoms with Crippen LogP contribution in [-0.2, 0) is 13.1 Å². The fraction of sp³-hybridized carbons (Fsp3) is 0.185. The van der Waals surface area contributed by atoms with E-state index in [-0.39, 0.29) is 23.8 Å². The summed E-state index contributed by atoms with van der Waals surface area (Å²) in [6.07, 6.45) is -1.09. The third kappa shape index (κ3) is 4.93.